The Morgan fingerprint density at radius 3 is 2.75 bits per heavy atom. The molecule has 0 saturated carbocycles. The van der Waals surface area contributed by atoms with Crippen LogP contribution in [0.3, 0.4) is 0 Å². The lowest BCUT2D eigenvalue weighted by atomic mass is 10.1. The van der Waals surface area contributed by atoms with Gasteiger partial charge in [-0.1, -0.05) is 6.92 Å². The molecule has 86 valence electrons. The zero-order valence-corrected chi connectivity index (χ0v) is 9.86. The van der Waals surface area contributed by atoms with Gasteiger partial charge in [-0.3, -0.25) is 4.79 Å². The van der Waals surface area contributed by atoms with Gasteiger partial charge < -0.3 is 10.6 Å². The molecule has 2 N–H and O–H groups in total. The van der Waals surface area contributed by atoms with Crippen LogP contribution in [0.2, 0.25) is 0 Å². The lowest BCUT2D eigenvalue weighted by Gasteiger charge is -2.16. The SMILES string of the molecule is Cc1cc(N)cc(C(=O)N2CCC(C)C2)c1. The highest BCUT2D eigenvalue weighted by atomic mass is 16.2. The molecular formula is C13H18N2O. The van der Waals surface area contributed by atoms with Gasteiger partial charge in [0.05, 0.1) is 0 Å². The third-order valence-corrected chi connectivity index (χ3v) is 3.06. The molecule has 3 nitrogen and oxygen atoms in total. The van der Waals surface area contributed by atoms with Crippen LogP contribution in [0.5, 0.6) is 0 Å². The van der Waals surface area contributed by atoms with Gasteiger partial charge in [-0.05, 0) is 43.0 Å². The molecule has 1 aliphatic rings. The predicted molar refractivity (Wildman–Crippen MR) is 65.3 cm³/mol. The normalized spacial score (nSPS) is 20.1. The van der Waals surface area contributed by atoms with Crippen molar-refractivity contribution in [3.63, 3.8) is 0 Å². The first kappa shape index (κ1) is 11.0. The zero-order valence-electron chi connectivity index (χ0n) is 9.86. The zero-order chi connectivity index (χ0) is 11.7. The molecular weight excluding hydrogens is 200 g/mol. The Kier molecular flexibility index (Phi) is 2.86. The van der Waals surface area contributed by atoms with Crippen molar-refractivity contribution in [2.75, 3.05) is 18.8 Å². The van der Waals surface area contributed by atoms with E-state index in [0.717, 1.165) is 25.1 Å². The van der Waals surface area contributed by atoms with Crippen molar-refractivity contribution in [2.45, 2.75) is 20.3 Å². The van der Waals surface area contributed by atoms with Crippen LogP contribution in [0.25, 0.3) is 0 Å². The summed E-state index contributed by atoms with van der Waals surface area (Å²) in [5.41, 5.74) is 8.17. The Balaban J connectivity index is 2.20. The summed E-state index contributed by atoms with van der Waals surface area (Å²) in [5, 5.41) is 0. The third-order valence-electron chi connectivity index (χ3n) is 3.06. The lowest BCUT2D eigenvalue weighted by molar-refractivity contribution is 0.0788. The summed E-state index contributed by atoms with van der Waals surface area (Å²) in [5.74, 6) is 0.728. The topological polar surface area (TPSA) is 46.3 Å². The van der Waals surface area contributed by atoms with Gasteiger partial charge in [0, 0.05) is 24.3 Å². The van der Waals surface area contributed by atoms with Gasteiger partial charge in [0.25, 0.3) is 5.91 Å². The van der Waals surface area contributed by atoms with Gasteiger partial charge in [0.15, 0.2) is 0 Å². The molecule has 1 aromatic rings. The van der Waals surface area contributed by atoms with Crippen LogP contribution in [-0.2, 0) is 0 Å². The molecule has 0 spiro atoms. The second kappa shape index (κ2) is 4.16. The standard InChI is InChI=1S/C13H18N2O/c1-9-3-4-15(8-9)13(16)11-5-10(2)6-12(14)7-11/h5-7,9H,3-4,8,14H2,1-2H3. The number of rotatable bonds is 1. The first-order valence-corrected chi connectivity index (χ1v) is 5.72. The third kappa shape index (κ3) is 2.18. The fourth-order valence-electron chi connectivity index (χ4n) is 2.24. The average Bonchev–Trinajstić information content (AvgIpc) is 2.62. The number of nitrogens with zero attached hydrogens (tertiary/aromatic N) is 1. The summed E-state index contributed by atoms with van der Waals surface area (Å²) in [6.07, 6.45) is 1.10. The minimum Gasteiger partial charge on any atom is -0.399 e. The maximum Gasteiger partial charge on any atom is 0.253 e. The maximum absolute atomic E-state index is 12.2. The molecule has 2 rings (SSSR count). The predicted octanol–water partition coefficient (Wildman–Crippen LogP) is 2.06. The Labute approximate surface area is 96.2 Å². The molecule has 0 bridgehead atoms. The van der Waals surface area contributed by atoms with Crippen molar-refractivity contribution in [1.29, 1.82) is 0 Å². The van der Waals surface area contributed by atoms with Crippen molar-refractivity contribution in [1.82, 2.24) is 4.90 Å². The molecule has 1 fully saturated rings. The van der Waals surface area contributed by atoms with Crippen LogP contribution in [0.1, 0.15) is 29.3 Å². The van der Waals surface area contributed by atoms with Crippen LogP contribution in [-0.4, -0.2) is 23.9 Å². The van der Waals surface area contributed by atoms with Crippen LogP contribution in [0, 0.1) is 12.8 Å². The van der Waals surface area contributed by atoms with Crippen LogP contribution in [0.4, 0.5) is 5.69 Å². The first-order valence-electron chi connectivity index (χ1n) is 5.72. The second-order valence-electron chi connectivity index (χ2n) is 4.78. The fourth-order valence-corrected chi connectivity index (χ4v) is 2.24. The minimum absolute atomic E-state index is 0.111. The van der Waals surface area contributed by atoms with E-state index in [2.05, 4.69) is 6.92 Å². The summed E-state index contributed by atoms with van der Waals surface area (Å²) in [4.78, 5) is 14.1. The largest absolute Gasteiger partial charge is 0.399 e. The second-order valence-corrected chi connectivity index (χ2v) is 4.78. The molecule has 1 amide bonds. The number of benzene rings is 1. The van der Waals surface area contributed by atoms with Crippen molar-refractivity contribution in [2.24, 2.45) is 5.92 Å². The van der Waals surface area contributed by atoms with E-state index in [1.165, 1.54) is 0 Å². The lowest BCUT2D eigenvalue weighted by Crippen LogP contribution is -2.28. The van der Waals surface area contributed by atoms with Crippen LogP contribution < -0.4 is 5.73 Å². The van der Waals surface area contributed by atoms with Crippen LogP contribution in [0.15, 0.2) is 18.2 Å². The average molecular weight is 218 g/mol. The van der Waals surface area contributed by atoms with Crippen molar-refractivity contribution in [3.05, 3.63) is 29.3 Å². The van der Waals surface area contributed by atoms with Crippen molar-refractivity contribution < 1.29 is 4.79 Å². The minimum atomic E-state index is 0.111. The highest BCUT2D eigenvalue weighted by Crippen LogP contribution is 2.19. The number of anilines is 1. The van der Waals surface area contributed by atoms with Gasteiger partial charge in [-0.2, -0.15) is 0 Å². The monoisotopic (exact) mass is 218 g/mol. The number of carbonyl (C=O) groups is 1. The number of likely N-dealkylation sites (tertiary alicyclic amines) is 1. The molecule has 1 saturated heterocycles. The summed E-state index contributed by atoms with van der Waals surface area (Å²) >= 11 is 0. The number of nitrogen functional groups attached to an aromatic ring is 1. The molecule has 1 aromatic carbocycles. The number of hydrogen-bond acceptors (Lipinski definition) is 2. The molecule has 0 aliphatic carbocycles. The van der Waals surface area contributed by atoms with E-state index >= 15 is 0 Å². The Bertz CT molecular complexity index is 394. The summed E-state index contributed by atoms with van der Waals surface area (Å²) in [7, 11) is 0. The van der Waals surface area contributed by atoms with Gasteiger partial charge >= 0.3 is 0 Å². The number of hydrogen-bond donors (Lipinski definition) is 1. The van der Waals surface area contributed by atoms with E-state index in [1.807, 2.05) is 24.0 Å². The van der Waals surface area contributed by atoms with E-state index in [9.17, 15) is 4.79 Å². The van der Waals surface area contributed by atoms with Crippen LogP contribution >= 0.6 is 0 Å². The Morgan fingerprint density at radius 1 is 1.44 bits per heavy atom. The van der Waals surface area contributed by atoms with E-state index in [4.69, 9.17) is 5.73 Å². The maximum atomic E-state index is 12.2. The molecule has 1 atom stereocenters. The van der Waals surface area contributed by atoms with E-state index < -0.39 is 0 Å². The molecule has 0 aromatic heterocycles. The Hall–Kier alpha value is -1.51. The smallest absolute Gasteiger partial charge is 0.253 e. The number of nitrogens with two attached hydrogens (primary N) is 1. The van der Waals surface area contributed by atoms with Gasteiger partial charge in [0.1, 0.15) is 0 Å². The summed E-state index contributed by atoms with van der Waals surface area (Å²) < 4.78 is 0. The number of amides is 1. The van der Waals surface area contributed by atoms with E-state index in [1.54, 1.807) is 6.07 Å². The highest BCUT2D eigenvalue weighted by Gasteiger charge is 2.24. The molecule has 1 aliphatic heterocycles. The first-order chi connectivity index (χ1) is 7.56. The molecule has 3 heteroatoms. The fraction of sp³-hybridized carbons (Fsp3) is 0.462. The molecule has 16 heavy (non-hydrogen) atoms. The Morgan fingerprint density at radius 2 is 2.19 bits per heavy atom. The van der Waals surface area contributed by atoms with Gasteiger partial charge in [0.2, 0.25) is 0 Å². The van der Waals surface area contributed by atoms with Crippen molar-refractivity contribution >= 4 is 11.6 Å². The number of carbonyl (C=O) groups excluding carboxylic acids is 1. The molecule has 0 radical (unpaired) electrons. The van der Waals surface area contributed by atoms with Gasteiger partial charge in [-0.15, -0.1) is 0 Å². The highest BCUT2D eigenvalue weighted by molar-refractivity contribution is 5.95. The molecule has 1 unspecified atom stereocenters. The van der Waals surface area contributed by atoms with E-state index in [-0.39, 0.29) is 5.91 Å². The quantitative estimate of drug-likeness (QED) is 0.733. The van der Waals surface area contributed by atoms with Gasteiger partial charge in [-0.25, -0.2) is 0 Å². The van der Waals surface area contributed by atoms with E-state index in [0.29, 0.717) is 17.2 Å². The summed E-state index contributed by atoms with van der Waals surface area (Å²) in [6, 6.07) is 5.55. The number of aryl methyl sites for hydroxylation is 1. The summed E-state index contributed by atoms with van der Waals surface area (Å²) in [6.45, 7) is 5.87. The van der Waals surface area contributed by atoms with Crippen molar-refractivity contribution in [3.8, 4) is 0 Å². The molecule has 1 heterocycles.